The SMILES string of the molecule is Cc1cccc(C(C)(C)C(=O)NC2[C@@H]3CC4C[C@H]2CC(O)(C4)C3)c1. The first-order valence-electron chi connectivity index (χ1n) is 9.37. The molecule has 4 fully saturated rings. The summed E-state index contributed by atoms with van der Waals surface area (Å²) in [5, 5.41) is 14.1. The van der Waals surface area contributed by atoms with Gasteiger partial charge >= 0.3 is 0 Å². The third-order valence-electron chi connectivity index (χ3n) is 6.85. The molecule has 4 aliphatic rings. The predicted molar refractivity (Wildman–Crippen MR) is 94.6 cm³/mol. The van der Waals surface area contributed by atoms with Gasteiger partial charge in [0.25, 0.3) is 0 Å². The van der Waals surface area contributed by atoms with Crippen molar-refractivity contribution in [2.75, 3.05) is 0 Å². The van der Waals surface area contributed by atoms with Crippen LogP contribution < -0.4 is 5.32 Å². The van der Waals surface area contributed by atoms with Crippen molar-refractivity contribution in [2.24, 2.45) is 17.8 Å². The van der Waals surface area contributed by atoms with Crippen LogP contribution >= 0.6 is 0 Å². The Hall–Kier alpha value is -1.35. The lowest BCUT2D eigenvalue weighted by atomic mass is 9.52. The second-order valence-electron chi connectivity index (χ2n) is 9.19. The summed E-state index contributed by atoms with van der Waals surface area (Å²) in [5.41, 5.74) is 1.29. The van der Waals surface area contributed by atoms with E-state index in [-0.39, 0.29) is 11.9 Å². The molecule has 0 spiro atoms. The van der Waals surface area contributed by atoms with Crippen LogP contribution in [0.25, 0.3) is 0 Å². The van der Waals surface area contributed by atoms with Crippen molar-refractivity contribution >= 4 is 5.91 Å². The molecule has 3 heteroatoms. The van der Waals surface area contributed by atoms with Gasteiger partial charge < -0.3 is 10.4 Å². The number of carbonyl (C=O) groups excluding carboxylic acids is 1. The number of benzene rings is 1. The first-order valence-corrected chi connectivity index (χ1v) is 9.37. The molecule has 3 unspecified atom stereocenters. The summed E-state index contributed by atoms with van der Waals surface area (Å²) < 4.78 is 0. The fourth-order valence-corrected chi connectivity index (χ4v) is 5.71. The highest BCUT2D eigenvalue weighted by molar-refractivity contribution is 5.87. The number of aliphatic hydroxyl groups is 1. The largest absolute Gasteiger partial charge is 0.390 e. The monoisotopic (exact) mass is 327 g/mol. The molecule has 0 aliphatic heterocycles. The number of carbonyl (C=O) groups is 1. The third-order valence-corrected chi connectivity index (χ3v) is 6.85. The molecule has 24 heavy (non-hydrogen) atoms. The van der Waals surface area contributed by atoms with Gasteiger partial charge in [0.15, 0.2) is 0 Å². The Morgan fingerprint density at radius 1 is 1.21 bits per heavy atom. The van der Waals surface area contributed by atoms with E-state index >= 15 is 0 Å². The molecule has 1 aromatic rings. The zero-order valence-electron chi connectivity index (χ0n) is 15.0. The van der Waals surface area contributed by atoms with Gasteiger partial charge in [-0.2, -0.15) is 0 Å². The van der Waals surface area contributed by atoms with Crippen molar-refractivity contribution in [3.05, 3.63) is 35.4 Å². The normalized spacial score (nSPS) is 37.5. The number of hydrogen-bond donors (Lipinski definition) is 2. The van der Waals surface area contributed by atoms with Gasteiger partial charge in [-0.15, -0.1) is 0 Å². The van der Waals surface area contributed by atoms with Crippen LogP contribution in [0, 0.1) is 24.7 Å². The fraction of sp³-hybridized carbons (Fsp3) is 0.667. The molecule has 1 amide bonds. The Morgan fingerprint density at radius 3 is 2.46 bits per heavy atom. The van der Waals surface area contributed by atoms with Crippen molar-refractivity contribution in [3.8, 4) is 0 Å². The summed E-state index contributed by atoms with van der Waals surface area (Å²) in [6.07, 6.45) is 5.07. The fourth-order valence-electron chi connectivity index (χ4n) is 5.71. The van der Waals surface area contributed by atoms with Gasteiger partial charge in [0.2, 0.25) is 5.91 Å². The molecule has 0 saturated heterocycles. The van der Waals surface area contributed by atoms with Crippen molar-refractivity contribution in [1.29, 1.82) is 0 Å². The number of aryl methyl sites for hydroxylation is 1. The van der Waals surface area contributed by atoms with E-state index in [4.69, 9.17) is 0 Å². The smallest absolute Gasteiger partial charge is 0.230 e. The van der Waals surface area contributed by atoms with Crippen LogP contribution in [0.15, 0.2) is 24.3 Å². The Kier molecular flexibility index (Phi) is 3.58. The van der Waals surface area contributed by atoms with Crippen LogP contribution in [0.4, 0.5) is 0 Å². The second kappa shape index (κ2) is 5.32. The van der Waals surface area contributed by atoms with E-state index in [9.17, 15) is 9.90 Å². The summed E-state index contributed by atoms with van der Waals surface area (Å²) in [5.74, 6) is 1.71. The molecule has 2 N–H and O–H groups in total. The minimum absolute atomic E-state index is 0.123. The van der Waals surface area contributed by atoms with Crippen LogP contribution in [-0.2, 0) is 10.2 Å². The highest BCUT2D eigenvalue weighted by atomic mass is 16.3. The molecular weight excluding hydrogens is 298 g/mol. The van der Waals surface area contributed by atoms with Gasteiger partial charge in [0, 0.05) is 6.04 Å². The average molecular weight is 327 g/mol. The maximum Gasteiger partial charge on any atom is 0.230 e. The number of nitrogens with one attached hydrogen (secondary N) is 1. The van der Waals surface area contributed by atoms with Gasteiger partial charge in [-0.3, -0.25) is 4.79 Å². The summed E-state index contributed by atoms with van der Waals surface area (Å²) >= 11 is 0. The first-order chi connectivity index (χ1) is 11.3. The van der Waals surface area contributed by atoms with Crippen LogP contribution in [0.1, 0.15) is 57.1 Å². The predicted octanol–water partition coefficient (Wildman–Crippen LogP) is 3.33. The van der Waals surface area contributed by atoms with E-state index in [0.717, 1.165) is 24.8 Å². The molecule has 4 bridgehead atoms. The Balaban J connectivity index is 1.52. The Labute approximate surface area is 144 Å². The molecule has 130 valence electrons. The molecule has 4 aliphatic carbocycles. The topological polar surface area (TPSA) is 49.3 Å². The zero-order valence-corrected chi connectivity index (χ0v) is 15.0. The van der Waals surface area contributed by atoms with Crippen LogP contribution in [0.2, 0.25) is 0 Å². The Bertz CT molecular complexity index is 650. The Morgan fingerprint density at radius 2 is 1.88 bits per heavy atom. The van der Waals surface area contributed by atoms with E-state index < -0.39 is 11.0 Å². The standard InChI is InChI=1S/C21H29NO2/c1-13-5-4-6-17(7-13)20(2,3)19(23)22-18-15-8-14-9-16(18)12-21(24,10-14)11-15/h4-7,14-16,18,24H,8-12H2,1-3H3,(H,22,23)/t14?,15-,16+,18?,21?. The number of amides is 1. The van der Waals surface area contributed by atoms with E-state index in [1.165, 1.54) is 18.4 Å². The molecule has 0 heterocycles. The van der Waals surface area contributed by atoms with Gasteiger partial charge in [0.1, 0.15) is 0 Å². The van der Waals surface area contributed by atoms with Gasteiger partial charge in [-0.1, -0.05) is 29.8 Å². The summed E-state index contributed by atoms with van der Waals surface area (Å²) in [6.45, 7) is 6.09. The first kappa shape index (κ1) is 16.1. The summed E-state index contributed by atoms with van der Waals surface area (Å²) in [7, 11) is 0. The minimum atomic E-state index is -0.530. The van der Waals surface area contributed by atoms with Crippen LogP contribution in [0.3, 0.4) is 0 Å². The molecule has 4 saturated carbocycles. The van der Waals surface area contributed by atoms with E-state index in [2.05, 4.69) is 24.4 Å². The summed E-state index contributed by atoms with van der Waals surface area (Å²) in [6, 6.07) is 8.50. The average Bonchev–Trinajstić information content (AvgIpc) is 2.49. The molecular formula is C21H29NO2. The van der Waals surface area contributed by atoms with Crippen molar-refractivity contribution in [2.45, 2.75) is 69.9 Å². The number of hydrogen-bond acceptors (Lipinski definition) is 2. The highest BCUT2D eigenvalue weighted by Crippen LogP contribution is 2.55. The third kappa shape index (κ3) is 2.57. The van der Waals surface area contributed by atoms with Crippen molar-refractivity contribution in [1.82, 2.24) is 5.32 Å². The minimum Gasteiger partial charge on any atom is -0.390 e. The van der Waals surface area contributed by atoms with Crippen LogP contribution in [-0.4, -0.2) is 22.7 Å². The van der Waals surface area contributed by atoms with Crippen molar-refractivity contribution < 1.29 is 9.90 Å². The van der Waals surface area contributed by atoms with Gasteiger partial charge in [0.05, 0.1) is 11.0 Å². The van der Waals surface area contributed by atoms with E-state index in [1.807, 2.05) is 26.0 Å². The molecule has 1 aromatic carbocycles. The molecule has 0 aromatic heterocycles. The molecule has 3 nitrogen and oxygen atoms in total. The second-order valence-corrected chi connectivity index (χ2v) is 9.19. The van der Waals surface area contributed by atoms with E-state index in [1.54, 1.807) is 0 Å². The lowest BCUT2D eigenvalue weighted by Gasteiger charge is -2.58. The highest BCUT2D eigenvalue weighted by Gasteiger charge is 2.55. The van der Waals surface area contributed by atoms with Gasteiger partial charge in [-0.25, -0.2) is 0 Å². The molecule has 0 radical (unpaired) electrons. The maximum absolute atomic E-state index is 13.1. The molecule has 5 rings (SSSR count). The van der Waals surface area contributed by atoms with Crippen LogP contribution in [0.5, 0.6) is 0 Å². The van der Waals surface area contributed by atoms with Crippen molar-refractivity contribution in [3.63, 3.8) is 0 Å². The lowest BCUT2D eigenvalue weighted by Crippen LogP contribution is -2.62. The quantitative estimate of drug-likeness (QED) is 0.894. The number of rotatable bonds is 3. The maximum atomic E-state index is 13.1. The van der Waals surface area contributed by atoms with Gasteiger partial charge in [-0.05, 0) is 76.2 Å². The lowest BCUT2D eigenvalue weighted by molar-refractivity contribution is -0.148. The zero-order chi connectivity index (χ0) is 17.1. The van der Waals surface area contributed by atoms with E-state index in [0.29, 0.717) is 17.8 Å². The molecule has 5 atom stereocenters. The summed E-state index contributed by atoms with van der Waals surface area (Å²) in [4.78, 5) is 13.1.